The second-order valence-corrected chi connectivity index (χ2v) is 6.69. The van der Waals surface area contributed by atoms with Crippen LogP contribution in [0.2, 0.25) is 0 Å². The lowest BCUT2D eigenvalue weighted by atomic mass is 9.99. The van der Waals surface area contributed by atoms with E-state index in [0.29, 0.717) is 34.5 Å². The Balaban J connectivity index is 1.53. The molecular weight excluding hydrogens is 367 g/mol. The summed E-state index contributed by atoms with van der Waals surface area (Å²) in [6, 6.07) is 11.7. The summed E-state index contributed by atoms with van der Waals surface area (Å²) in [7, 11) is 0. The molecule has 0 saturated carbocycles. The predicted octanol–water partition coefficient (Wildman–Crippen LogP) is 2.30. The van der Waals surface area contributed by atoms with Gasteiger partial charge in [-0.25, -0.2) is 9.18 Å². The number of carbonyl (C=O) groups excluding carboxylic acids is 1. The third-order valence-electron chi connectivity index (χ3n) is 4.81. The first kappa shape index (κ1) is 18.4. The van der Waals surface area contributed by atoms with Crippen molar-refractivity contribution in [3.8, 4) is 11.1 Å². The molecule has 0 radical (unpaired) electrons. The maximum atomic E-state index is 14.7. The largest absolute Gasteiger partial charge is 0.441 e. The van der Waals surface area contributed by atoms with Crippen LogP contribution in [0.25, 0.3) is 11.1 Å². The van der Waals surface area contributed by atoms with E-state index in [1.807, 2.05) is 0 Å². The van der Waals surface area contributed by atoms with Gasteiger partial charge in [0.05, 0.1) is 25.5 Å². The Morgan fingerprint density at radius 2 is 1.79 bits per heavy atom. The van der Waals surface area contributed by atoms with Crippen molar-refractivity contribution in [3.05, 3.63) is 53.8 Å². The van der Waals surface area contributed by atoms with E-state index in [9.17, 15) is 9.18 Å². The monoisotopic (exact) mass is 386 g/mol. The zero-order chi connectivity index (χ0) is 19.7. The van der Waals surface area contributed by atoms with Crippen molar-refractivity contribution in [2.45, 2.75) is 18.6 Å². The average molecular weight is 386 g/mol. The number of aliphatic hydroxyl groups is 2. The molecule has 1 unspecified atom stereocenters. The van der Waals surface area contributed by atoms with Crippen molar-refractivity contribution in [2.75, 3.05) is 24.7 Å². The Labute approximate surface area is 160 Å². The molecule has 1 saturated heterocycles. The van der Waals surface area contributed by atoms with Gasteiger partial charge in [-0.2, -0.15) is 0 Å². The van der Waals surface area contributed by atoms with Crippen LogP contribution in [0.5, 0.6) is 0 Å². The van der Waals surface area contributed by atoms with E-state index < -0.39 is 18.0 Å². The number of nitrogens with zero attached hydrogens (tertiary/aromatic N) is 2. The van der Waals surface area contributed by atoms with Crippen LogP contribution >= 0.6 is 0 Å². The van der Waals surface area contributed by atoms with Gasteiger partial charge in [0.2, 0.25) is 0 Å². The van der Waals surface area contributed by atoms with Gasteiger partial charge in [0.25, 0.3) is 0 Å². The van der Waals surface area contributed by atoms with Crippen LogP contribution in [0, 0.1) is 5.82 Å². The lowest BCUT2D eigenvalue weighted by Gasteiger charge is -2.14. The van der Waals surface area contributed by atoms with E-state index in [1.54, 1.807) is 36.4 Å². The van der Waals surface area contributed by atoms with Crippen LogP contribution in [0.4, 0.5) is 14.9 Å². The molecule has 146 valence electrons. The van der Waals surface area contributed by atoms with Crippen molar-refractivity contribution in [3.63, 3.8) is 0 Å². The molecule has 2 aromatic rings. The Kier molecular flexibility index (Phi) is 4.97. The smallest absolute Gasteiger partial charge is 0.414 e. The molecule has 8 heteroatoms. The number of ether oxygens (including phenoxy) is 1. The Morgan fingerprint density at radius 3 is 2.39 bits per heavy atom. The van der Waals surface area contributed by atoms with Gasteiger partial charge in [-0.15, -0.1) is 0 Å². The van der Waals surface area contributed by atoms with Crippen LogP contribution in [0.15, 0.2) is 47.6 Å². The van der Waals surface area contributed by atoms with Crippen molar-refractivity contribution >= 4 is 17.5 Å². The summed E-state index contributed by atoms with van der Waals surface area (Å²) in [6.45, 7) is -0.0897. The van der Waals surface area contributed by atoms with Crippen LogP contribution in [0.3, 0.4) is 0 Å². The molecule has 4 rings (SSSR count). The maximum Gasteiger partial charge on any atom is 0.414 e. The fourth-order valence-corrected chi connectivity index (χ4v) is 3.27. The quantitative estimate of drug-likeness (QED) is 0.823. The summed E-state index contributed by atoms with van der Waals surface area (Å²) in [4.78, 5) is 18.4. The fraction of sp³-hybridized carbons (Fsp3) is 0.300. The van der Waals surface area contributed by atoms with Crippen molar-refractivity contribution in [1.82, 2.24) is 0 Å². The topological polar surface area (TPSA) is 91.6 Å². The number of cyclic esters (lactones) is 1. The molecule has 1 fully saturated rings. The summed E-state index contributed by atoms with van der Waals surface area (Å²) in [5, 5.41) is 22.1. The molecule has 1 amide bonds. The lowest BCUT2D eigenvalue weighted by molar-refractivity contribution is 0.0390. The highest BCUT2D eigenvalue weighted by atomic mass is 19.1. The predicted molar refractivity (Wildman–Crippen MR) is 99.6 cm³/mol. The highest BCUT2D eigenvalue weighted by Crippen LogP contribution is 2.29. The molecule has 7 nitrogen and oxygen atoms in total. The van der Waals surface area contributed by atoms with Crippen LogP contribution in [-0.2, 0) is 9.57 Å². The number of aliphatic hydroxyl groups excluding tert-OH is 2. The van der Waals surface area contributed by atoms with E-state index in [0.717, 1.165) is 0 Å². The molecule has 0 aromatic heterocycles. The molecule has 2 aromatic carbocycles. The molecule has 0 aliphatic carbocycles. The van der Waals surface area contributed by atoms with E-state index in [2.05, 4.69) is 5.16 Å². The van der Waals surface area contributed by atoms with Gasteiger partial charge in [0, 0.05) is 23.2 Å². The average Bonchev–Trinajstić information content (AvgIpc) is 3.34. The Hall–Kier alpha value is -2.97. The van der Waals surface area contributed by atoms with Crippen molar-refractivity contribution < 1.29 is 29.0 Å². The SMILES string of the molecule is O=C1O[C@@H](CO)CN1c1ccc(-c2ccc(C3=NOC(CO)C3)cc2F)cc1. The van der Waals surface area contributed by atoms with E-state index in [-0.39, 0.29) is 25.9 Å². The maximum absolute atomic E-state index is 14.7. The van der Waals surface area contributed by atoms with E-state index in [4.69, 9.17) is 19.8 Å². The van der Waals surface area contributed by atoms with E-state index in [1.165, 1.54) is 11.0 Å². The summed E-state index contributed by atoms with van der Waals surface area (Å²) in [6.07, 6.45) is -0.994. The number of rotatable bonds is 5. The molecule has 2 atom stereocenters. The molecule has 28 heavy (non-hydrogen) atoms. The minimum atomic E-state index is -0.537. The Bertz CT molecular complexity index is 915. The van der Waals surface area contributed by atoms with Gasteiger partial charge in [0.15, 0.2) is 6.10 Å². The molecule has 2 aliphatic heterocycles. The molecule has 2 N–H and O–H groups in total. The second kappa shape index (κ2) is 7.57. The number of hydrogen-bond acceptors (Lipinski definition) is 6. The van der Waals surface area contributed by atoms with Gasteiger partial charge in [-0.1, -0.05) is 29.4 Å². The number of hydrogen-bond donors (Lipinski definition) is 2. The van der Waals surface area contributed by atoms with Gasteiger partial charge >= 0.3 is 6.09 Å². The first-order valence-corrected chi connectivity index (χ1v) is 8.92. The number of carbonyl (C=O) groups is 1. The third kappa shape index (κ3) is 3.44. The highest BCUT2D eigenvalue weighted by Gasteiger charge is 2.31. The molecule has 0 bridgehead atoms. The normalized spacial score (nSPS) is 21.5. The number of anilines is 1. The molecule has 2 heterocycles. The van der Waals surface area contributed by atoms with Crippen LogP contribution < -0.4 is 4.90 Å². The second-order valence-electron chi connectivity index (χ2n) is 6.69. The van der Waals surface area contributed by atoms with Gasteiger partial charge in [-0.05, 0) is 23.8 Å². The number of benzene rings is 2. The Morgan fingerprint density at radius 1 is 1.07 bits per heavy atom. The number of amides is 1. The van der Waals surface area contributed by atoms with E-state index >= 15 is 0 Å². The first-order valence-electron chi connectivity index (χ1n) is 8.92. The van der Waals surface area contributed by atoms with Gasteiger partial charge in [0.1, 0.15) is 11.9 Å². The molecular formula is C20H19FN2O5. The van der Waals surface area contributed by atoms with Crippen LogP contribution in [0.1, 0.15) is 12.0 Å². The first-order chi connectivity index (χ1) is 13.6. The fourth-order valence-electron chi connectivity index (χ4n) is 3.27. The zero-order valence-corrected chi connectivity index (χ0v) is 14.9. The number of halogens is 1. The zero-order valence-electron chi connectivity index (χ0n) is 14.9. The highest BCUT2D eigenvalue weighted by molar-refractivity contribution is 6.01. The minimum absolute atomic E-state index is 0.135. The summed E-state index contributed by atoms with van der Waals surface area (Å²) >= 11 is 0. The molecule has 0 spiro atoms. The third-order valence-corrected chi connectivity index (χ3v) is 4.81. The van der Waals surface area contributed by atoms with Crippen molar-refractivity contribution in [2.24, 2.45) is 5.16 Å². The standard InChI is InChI=1S/C20H19FN2O5/c21-18-7-13(19-8-15(10-24)28-22-19)3-6-17(18)12-1-4-14(5-2-12)23-9-16(11-25)27-20(23)26/h1-7,15-16,24-25H,8-11H2/t15?,16-/m1/s1. The summed E-state index contributed by atoms with van der Waals surface area (Å²) in [5.74, 6) is -0.402. The van der Waals surface area contributed by atoms with Crippen molar-refractivity contribution in [1.29, 1.82) is 0 Å². The minimum Gasteiger partial charge on any atom is -0.441 e. The summed E-state index contributed by atoms with van der Waals surface area (Å²) in [5.41, 5.74) is 2.92. The van der Waals surface area contributed by atoms with Gasteiger partial charge in [-0.3, -0.25) is 4.90 Å². The molecule has 2 aliphatic rings. The lowest BCUT2D eigenvalue weighted by Crippen LogP contribution is -2.25. The summed E-state index contributed by atoms with van der Waals surface area (Å²) < 4.78 is 19.7. The number of oxime groups is 1. The van der Waals surface area contributed by atoms with Gasteiger partial charge < -0.3 is 19.8 Å². The van der Waals surface area contributed by atoms with Crippen LogP contribution in [-0.4, -0.2) is 54.0 Å².